The topological polar surface area (TPSA) is 80.4 Å². The molecule has 4 heteroatoms. The summed E-state index contributed by atoms with van der Waals surface area (Å²) in [5, 5.41) is 11.1. The van der Waals surface area contributed by atoms with Crippen molar-refractivity contribution in [1.29, 1.82) is 0 Å². The lowest BCUT2D eigenvalue weighted by Gasteiger charge is -2.57. The molecule has 4 aliphatic rings. The number of primary amides is 1. The molecule has 0 aromatic carbocycles. The van der Waals surface area contributed by atoms with Crippen molar-refractivity contribution in [2.24, 2.45) is 34.3 Å². The van der Waals surface area contributed by atoms with Crippen LogP contribution in [0.4, 0.5) is 0 Å². The number of nitrogens with two attached hydrogens (primary N) is 1. The average Bonchev–Trinajstić information content (AvgIpc) is 2.83. The van der Waals surface area contributed by atoms with Crippen LogP contribution in [0.25, 0.3) is 0 Å². The number of allylic oxidation sites excluding steroid dienone is 4. The zero-order chi connectivity index (χ0) is 18.2. The minimum Gasteiger partial charge on any atom is -0.379 e. The maximum Gasteiger partial charge on any atom is 0.249 e. The number of rotatable bonds is 1. The van der Waals surface area contributed by atoms with Crippen molar-refractivity contribution in [2.45, 2.75) is 64.9 Å². The third-order valence-corrected chi connectivity index (χ3v) is 8.39. The van der Waals surface area contributed by atoms with Gasteiger partial charge < -0.3 is 10.8 Å². The van der Waals surface area contributed by atoms with Crippen molar-refractivity contribution in [3.05, 3.63) is 23.3 Å². The monoisotopic (exact) mass is 343 g/mol. The molecule has 2 fully saturated rings. The van der Waals surface area contributed by atoms with Crippen LogP contribution in [0.1, 0.15) is 59.3 Å². The van der Waals surface area contributed by atoms with Crippen LogP contribution in [0.15, 0.2) is 23.3 Å². The second-order valence-electron chi connectivity index (χ2n) is 9.30. The Morgan fingerprint density at radius 3 is 2.56 bits per heavy atom. The van der Waals surface area contributed by atoms with Crippen LogP contribution in [0.3, 0.4) is 0 Å². The Labute approximate surface area is 149 Å². The molecule has 0 bridgehead atoms. The highest BCUT2D eigenvalue weighted by Gasteiger charge is 2.65. The summed E-state index contributed by atoms with van der Waals surface area (Å²) in [5.41, 5.74) is 6.24. The van der Waals surface area contributed by atoms with E-state index in [9.17, 15) is 14.7 Å². The van der Waals surface area contributed by atoms with E-state index in [4.69, 9.17) is 5.73 Å². The lowest BCUT2D eigenvalue weighted by atomic mass is 9.47. The van der Waals surface area contributed by atoms with Gasteiger partial charge in [-0.1, -0.05) is 25.5 Å². The molecule has 4 aliphatic carbocycles. The van der Waals surface area contributed by atoms with Gasteiger partial charge in [-0.2, -0.15) is 0 Å². The molecule has 4 rings (SSSR count). The first-order chi connectivity index (χ1) is 11.6. The summed E-state index contributed by atoms with van der Waals surface area (Å²) in [7, 11) is 0. The first-order valence-electron chi connectivity index (χ1n) is 9.59. The molecule has 1 unspecified atom stereocenters. The van der Waals surface area contributed by atoms with Gasteiger partial charge in [0.05, 0.1) is 0 Å². The Morgan fingerprint density at radius 1 is 1.20 bits per heavy atom. The normalized spacial score (nSPS) is 48.8. The van der Waals surface area contributed by atoms with Crippen LogP contribution in [-0.4, -0.2) is 22.4 Å². The van der Waals surface area contributed by atoms with Gasteiger partial charge in [0.2, 0.25) is 5.91 Å². The van der Waals surface area contributed by atoms with Crippen LogP contribution in [-0.2, 0) is 9.59 Å². The van der Waals surface area contributed by atoms with Crippen LogP contribution in [0.2, 0.25) is 0 Å². The smallest absolute Gasteiger partial charge is 0.249 e. The molecular formula is C21H29NO3. The second kappa shape index (κ2) is 5.06. The molecule has 6 atom stereocenters. The summed E-state index contributed by atoms with van der Waals surface area (Å²) in [6.45, 7) is 6.49. The van der Waals surface area contributed by atoms with E-state index in [0.717, 1.165) is 25.7 Å². The number of ketones is 1. The molecule has 0 aliphatic heterocycles. The zero-order valence-corrected chi connectivity index (χ0v) is 15.5. The van der Waals surface area contributed by atoms with E-state index in [1.165, 1.54) is 11.1 Å². The molecule has 25 heavy (non-hydrogen) atoms. The molecule has 0 radical (unpaired) electrons. The summed E-state index contributed by atoms with van der Waals surface area (Å²) in [6.07, 6.45) is 8.84. The number of hydrogen-bond donors (Lipinski definition) is 2. The zero-order valence-electron chi connectivity index (χ0n) is 15.5. The van der Waals surface area contributed by atoms with Gasteiger partial charge in [-0.15, -0.1) is 0 Å². The molecule has 3 N–H and O–H groups in total. The van der Waals surface area contributed by atoms with Crippen LogP contribution < -0.4 is 5.73 Å². The van der Waals surface area contributed by atoms with Gasteiger partial charge in [-0.25, -0.2) is 0 Å². The summed E-state index contributed by atoms with van der Waals surface area (Å²) < 4.78 is 0. The SMILES string of the molecule is CC1=C[C@@H]2[C@H](CC[C@@]3(C)[C@H]2CCC3(O)C(N)=O)[C@@]2(C)CCC(=O)C=C12. The van der Waals surface area contributed by atoms with E-state index in [1.807, 2.05) is 6.08 Å². The highest BCUT2D eigenvalue weighted by Crippen LogP contribution is 2.66. The van der Waals surface area contributed by atoms with Crippen molar-refractivity contribution in [3.8, 4) is 0 Å². The molecule has 0 spiro atoms. The van der Waals surface area contributed by atoms with Gasteiger partial charge in [-0.05, 0) is 73.8 Å². The molecule has 0 saturated heterocycles. The average molecular weight is 343 g/mol. The summed E-state index contributed by atoms with van der Waals surface area (Å²) in [4.78, 5) is 24.0. The number of amides is 1. The van der Waals surface area contributed by atoms with Gasteiger partial charge in [0, 0.05) is 11.8 Å². The largest absolute Gasteiger partial charge is 0.379 e. The van der Waals surface area contributed by atoms with E-state index in [1.54, 1.807) is 0 Å². The second-order valence-corrected chi connectivity index (χ2v) is 9.30. The number of carbonyl (C=O) groups excluding carboxylic acids is 2. The quantitative estimate of drug-likeness (QED) is 0.768. The van der Waals surface area contributed by atoms with Gasteiger partial charge in [0.1, 0.15) is 5.60 Å². The summed E-state index contributed by atoms with van der Waals surface area (Å²) >= 11 is 0. The number of carbonyl (C=O) groups is 2. The predicted octanol–water partition coefficient (Wildman–Crippen LogP) is 2.90. The van der Waals surface area contributed by atoms with E-state index in [0.29, 0.717) is 24.7 Å². The van der Waals surface area contributed by atoms with Crippen molar-refractivity contribution in [3.63, 3.8) is 0 Å². The number of fused-ring (bicyclic) bond motifs is 5. The molecule has 4 nitrogen and oxygen atoms in total. The van der Waals surface area contributed by atoms with Crippen LogP contribution in [0, 0.1) is 28.6 Å². The Morgan fingerprint density at radius 2 is 1.88 bits per heavy atom. The van der Waals surface area contributed by atoms with Crippen LogP contribution >= 0.6 is 0 Å². The maximum atomic E-state index is 12.0. The lowest BCUT2D eigenvalue weighted by Crippen LogP contribution is -2.58. The molecule has 2 saturated carbocycles. The fourth-order valence-corrected chi connectivity index (χ4v) is 6.84. The Balaban J connectivity index is 1.80. The lowest BCUT2D eigenvalue weighted by molar-refractivity contribution is -0.157. The van der Waals surface area contributed by atoms with Gasteiger partial charge in [0.15, 0.2) is 5.78 Å². The molecular weight excluding hydrogens is 314 g/mol. The highest BCUT2D eigenvalue weighted by atomic mass is 16.3. The molecule has 136 valence electrons. The van der Waals surface area contributed by atoms with Crippen LogP contribution in [0.5, 0.6) is 0 Å². The molecule has 0 aromatic heterocycles. The van der Waals surface area contributed by atoms with Crippen molar-refractivity contribution in [2.75, 3.05) is 0 Å². The van der Waals surface area contributed by atoms with E-state index >= 15 is 0 Å². The first-order valence-corrected chi connectivity index (χ1v) is 9.59. The Kier molecular flexibility index (Phi) is 3.45. The Bertz CT molecular complexity index is 723. The van der Waals surface area contributed by atoms with E-state index in [-0.39, 0.29) is 17.1 Å². The van der Waals surface area contributed by atoms with Crippen molar-refractivity contribution >= 4 is 11.7 Å². The summed E-state index contributed by atoms with van der Waals surface area (Å²) in [6, 6.07) is 0. The fourth-order valence-electron chi connectivity index (χ4n) is 6.84. The van der Waals surface area contributed by atoms with E-state index in [2.05, 4.69) is 26.8 Å². The minimum atomic E-state index is -1.38. The molecule has 1 amide bonds. The van der Waals surface area contributed by atoms with Gasteiger partial charge in [-0.3, -0.25) is 9.59 Å². The summed E-state index contributed by atoms with van der Waals surface area (Å²) in [5.74, 6) is 0.770. The highest BCUT2D eigenvalue weighted by molar-refractivity contribution is 5.92. The third-order valence-electron chi connectivity index (χ3n) is 8.39. The number of aliphatic hydroxyl groups is 1. The fraction of sp³-hybridized carbons (Fsp3) is 0.714. The maximum absolute atomic E-state index is 12.0. The van der Waals surface area contributed by atoms with Crippen molar-refractivity contribution in [1.82, 2.24) is 0 Å². The van der Waals surface area contributed by atoms with E-state index < -0.39 is 16.9 Å². The minimum absolute atomic E-state index is 0.0339. The van der Waals surface area contributed by atoms with Gasteiger partial charge in [0.25, 0.3) is 0 Å². The number of hydrogen-bond acceptors (Lipinski definition) is 3. The molecule has 0 heterocycles. The third kappa shape index (κ3) is 1.98. The predicted molar refractivity (Wildman–Crippen MR) is 95.4 cm³/mol. The van der Waals surface area contributed by atoms with Gasteiger partial charge >= 0.3 is 0 Å². The Hall–Kier alpha value is -1.42. The molecule has 0 aromatic rings. The van der Waals surface area contributed by atoms with Crippen molar-refractivity contribution < 1.29 is 14.7 Å². The standard InChI is InChI=1S/C21H29NO3/c1-12-10-14-15(19(2)7-4-13(23)11-17(12)19)5-8-20(3)16(14)6-9-21(20,25)18(22)24/h10-11,14-16,25H,4-9H2,1-3H3,(H2,22,24)/t14-,15+,16+,19-,20+,21?/m1/s1. The first kappa shape index (κ1) is 17.0.